The zero-order chi connectivity index (χ0) is 16.1. The highest BCUT2D eigenvalue weighted by molar-refractivity contribution is 14.0. The lowest BCUT2D eigenvalue weighted by Gasteiger charge is -2.25. The van der Waals surface area contributed by atoms with Crippen LogP contribution in [-0.2, 0) is 5.41 Å². The third-order valence-corrected chi connectivity index (χ3v) is 5.52. The van der Waals surface area contributed by atoms with Gasteiger partial charge in [-0.3, -0.25) is 4.99 Å². The summed E-state index contributed by atoms with van der Waals surface area (Å²) >= 11 is 1.78. The van der Waals surface area contributed by atoms with E-state index in [2.05, 4.69) is 48.9 Å². The predicted octanol–water partition coefficient (Wildman–Crippen LogP) is 3.50. The van der Waals surface area contributed by atoms with Gasteiger partial charge in [0.05, 0.1) is 12.1 Å². The van der Waals surface area contributed by atoms with Gasteiger partial charge >= 0.3 is 0 Å². The summed E-state index contributed by atoms with van der Waals surface area (Å²) in [6, 6.07) is 4.26. The quantitative estimate of drug-likeness (QED) is 0.353. The largest absolute Gasteiger partial charge is 0.388 e. The van der Waals surface area contributed by atoms with Crippen LogP contribution >= 0.6 is 35.3 Å². The van der Waals surface area contributed by atoms with Crippen molar-refractivity contribution in [3.8, 4) is 0 Å². The predicted molar refractivity (Wildman–Crippen MR) is 110 cm³/mol. The minimum absolute atomic E-state index is 0. The first-order valence-corrected chi connectivity index (χ1v) is 9.12. The van der Waals surface area contributed by atoms with Crippen molar-refractivity contribution in [1.29, 1.82) is 0 Å². The van der Waals surface area contributed by atoms with Crippen LogP contribution in [0.4, 0.5) is 0 Å². The molecule has 1 heterocycles. The van der Waals surface area contributed by atoms with Gasteiger partial charge in [-0.2, -0.15) is 0 Å². The lowest BCUT2D eigenvalue weighted by molar-refractivity contribution is 0.0522. The molecule has 1 aliphatic carbocycles. The molecule has 132 valence electrons. The molecule has 0 aliphatic heterocycles. The molecular weight excluding hydrogens is 421 g/mol. The van der Waals surface area contributed by atoms with Crippen LogP contribution in [0.1, 0.15) is 51.3 Å². The molecule has 1 aromatic rings. The Morgan fingerprint density at radius 2 is 2.04 bits per heavy atom. The summed E-state index contributed by atoms with van der Waals surface area (Å²) in [5.41, 5.74) is -0.528. The zero-order valence-electron chi connectivity index (χ0n) is 14.4. The number of aliphatic hydroxyl groups is 1. The summed E-state index contributed by atoms with van der Waals surface area (Å²) in [5, 5.41) is 19.1. The minimum Gasteiger partial charge on any atom is -0.388 e. The molecule has 0 unspecified atom stereocenters. The third-order valence-electron chi connectivity index (χ3n) is 4.28. The van der Waals surface area contributed by atoms with Gasteiger partial charge in [-0.15, -0.1) is 35.3 Å². The van der Waals surface area contributed by atoms with Gasteiger partial charge in [-0.05, 0) is 31.2 Å². The van der Waals surface area contributed by atoms with Crippen LogP contribution in [0.25, 0.3) is 0 Å². The Labute approximate surface area is 161 Å². The van der Waals surface area contributed by atoms with E-state index in [1.807, 2.05) is 0 Å². The molecule has 1 aliphatic rings. The second kappa shape index (κ2) is 9.22. The van der Waals surface area contributed by atoms with Gasteiger partial charge in [0.1, 0.15) is 0 Å². The van der Waals surface area contributed by atoms with E-state index in [9.17, 15) is 5.11 Å². The van der Waals surface area contributed by atoms with Crippen molar-refractivity contribution in [2.45, 2.75) is 57.5 Å². The average Bonchev–Trinajstić information content (AvgIpc) is 3.14. The van der Waals surface area contributed by atoms with Crippen LogP contribution in [-0.4, -0.2) is 36.3 Å². The van der Waals surface area contributed by atoms with E-state index in [-0.39, 0.29) is 29.4 Å². The standard InChI is InChI=1S/C17H29N3OS.HI/c1-4-18-15(20-13-17(21)9-5-6-10-17)19-12-16(2,3)14-8-7-11-22-14;/h7-8,11,21H,4-6,9-10,12-13H2,1-3H3,(H2,18,19,20);1H. The first-order valence-electron chi connectivity index (χ1n) is 8.24. The molecule has 0 radical (unpaired) electrons. The molecule has 0 atom stereocenters. The molecule has 2 rings (SSSR count). The number of aliphatic imine (C=N–C) groups is 1. The monoisotopic (exact) mass is 451 g/mol. The second-order valence-corrected chi connectivity index (χ2v) is 7.79. The Balaban J connectivity index is 0.00000264. The second-order valence-electron chi connectivity index (χ2n) is 6.84. The van der Waals surface area contributed by atoms with Gasteiger partial charge < -0.3 is 15.7 Å². The van der Waals surface area contributed by atoms with Crippen molar-refractivity contribution in [3.05, 3.63) is 22.4 Å². The number of halogens is 1. The first-order chi connectivity index (χ1) is 10.5. The molecule has 6 heteroatoms. The van der Waals surface area contributed by atoms with E-state index in [1.54, 1.807) is 11.3 Å². The van der Waals surface area contributed by atoms with Crippen molar-refractivity contribution >= 4 is 41.3 Å². The maximum Gasteiger partial charge on any atom is 0.191 e. The fourth-order valence-corrected chi connectivity index (χ4v) is 3.66. The Kier molecular flexibility index (Phi) is 8.30. The minimum atomic E-state index is -0.556. The number of hydrogen-bond acceptors (Lipinski definition) is 3. The van der Waals surface area contributed by atoms with Crippen molar-refractivity contribution in [1.82, 2.24) is 10.6 Å². The SMILES string of the molecule is CCNC(=NCC(C)(C)c1cccs1)NCC1(O)CCCC1.I. The van der Waals surface area contributed by atoms with Gasteiger partial charge in [-0.1, -0.05) is 32.8 Å². The summed E-state index contributed by atoms with van der Waals surface area (Å²) in [5.74, 6) is 0.799. The molecular formula is C17H30IN3OS. The maximum atomic E-state index is 10.4. The fourth-order valence-electron chi connectivity index (χ4n) is 2.82. The van der Waals surface area contributed by atoms with E-state index in [1.165, 1.54) is 4.88 Å². The lowest BCUT2D eigenvalue weighted by Crippen LogP contribution is -2.46. The van der Waals surface area contributed by atoms with Crippen LogP contribution in [0.3, 0.4) is 0 Å². The van der Waals surface area contributed by atoms with E-state index in [0.29, 0.717) is 6.54 Å². The van der Waals surface area contributed by atoms with Crippen molar-refractivity contribution in [2.75, 3.05) is 19.6 Å². The summed E-state index contributed by atoms with van der Waals surface area (Å²) in [4.78, 5) is 6.07. The number of nitrogens with one attached hydrogen (secondary N) is 2. The summed E-state index contributed by atoms with van der Waals surface area (Å²) in [6.07, 6.45) is 4.02. The van der Waals surface area contributed by atoms with Gasteiger partial charge in [0.25, 0.3) is 0 Å². The Hall–Kier alpha value is -0.340. The van der Waals surface area contributed by atoms with Gasteiger partial charge in [-0.25, -0.2) is 0 Å². The van der Waals surface area contributed by atoms with Crippen molar-refractivity contribution in [3.63, 3.8) is 0 Å². The Bertz CT molecular complexity index is 482. The normalized spacial score (nSPS) is 17.7. The summed E-state index contributed by atoms with van der Waals surface area (Å²) < 4.78 is 0. The highest BCUT2D eigenvalue weighted by atomic mass is 127. The first kappa shape index (κ1) is 20.7. The molecule has 0 amide bonds. The Morgan fingerprint density at radius 3 is 2.61 bits per heavy atom. The molecule has 0 saturated heterocycles. The average molecular weight is 451 g/mol. The van der Waals surface area contributed by atoms with Gasteiger partial charge in [0.2, 0.25) is 0 Å². The van der Waals surface area contributed by atoms with Gasteiger partial charge in [0.15, 0.2) is 5.96 Å². The summed E-state index contributed by atoms with van der Waals surface area (Å²) in [6.45, 7) is 8.63. The highest BCUT2D eigenvalue weighted by Crippen LogP contribution is 2.29. The maximum absolute atomic E-state index is 10.4. The molecule has 3 N–H and O–H groups in total. The van der Waals surface area contributed by atoms with E-state index < -0.39 is 5.60 Å². The number of rotatable bonds is 6. The molecule has 1 fully saturated rings. The molecule has 0 bridgehead atoms. The number of nitrogens with zero attached hydrogens (tertiary/aromatic N) is 1. The number of guanidine groups is 1. The Morgan fingerprint density at radius 1 is 1.35 bits per heavy atom. The fraction of sp³-hybridized carbons (Fsp3) is 0.706. The van der Waals surface area contributed by atoms with Crippen LogP contribution in [0.15, 0.2) is 22.5 Å². The van der Waals surface area contributed by atoms with E-state index >= 15 is 0 Å². The molecule has 1 saturated carbocycles. The van der Waals surface area contributed by atoms with E-state index in [0.717, 1.165) is 44.7 Å². The van der Waals surface area contributed by atoms with Crippen LogP contribution in [0.5, 0.6) is 0 Å². The number of thiophene rings is 1. The molecule has 23 heavy (non-hydrogen) atoms. The van der Waals surface area contributed by atoms with Gasteiger partial charge in [0, 0.05) is 23.4 Å². The van der Waals surface area contributed by atoms with Crippen LogP contribution in [0, 0.1) is 0 Å². The highest BCUT2D eigenvalue weighted by Gasteiger charge is 2.31. The number of hydrogen-bond donors (Lipinski definition) is 3. The van der Waals surface area contributed by atoms with Crippen molar-refractivity contribution < 1.29 is 5.11 Å². The van der Waals surface area contributed by atoms with E-state index in [4.69, 9.17) is 4.99 Å². The zero-order valence-corrected chi connectivity index (χ0v) is 17.5. The topological polar surface area (TPSA) is 56.7 Å². The smallest absolute Gasteiger partial charge is 0.191 e. The van der Waals surface area contributed by atoms with Crippen molar-refractivity contribution in [2.24, 2.45) is 4.99 Å². The molecule has 0 spiro atoms. The summed E-state index contributed by atoms with van der Waals surface area (Å²) in [7, 11) is 0. The molecule has 4 nitrogen and oxygen atoms in total. The molecule has 0 aromatic carbocycles. The van der Waals surface area contributed by atoms with Crippen LogP contribution < -0.4 is 10.6 Å². The molecule has 1 aromatic heterocycles. The third kappa shape index (κ3) is 6.23. The van der Waals surface area contributed by atoms with Crippen LogP contribution in [0.2, 0.25) is 0 Å². The lowest BCUT2D eigenvalue weighted by atomic mass is 9.92.